The molecule has 5 heteroatoms. The predicted octanol–water partition coefficient (Wildman–Crippen LogP) is 3.70. The highest BCUT2D eigenvalue weighted by atomic mass is 16.6. The predicted molar refractivity (Wildman–Crippen MR) is 106 cm³/mol. The van der Waals surface area contributed by atoms with E-state index in [4.69, 9.17) is 4.74 Å². The van der Waals surface area contributed by atoms with Gasteiger partial charge in [0.05, 0.1) is 5.41 Å². The van der Waals surface area contributed by atoms with Gasteiger partial charge in [0.2, 0.25) is 5.91 Å². The number of carbonyl (C=O) groups excluding carboxylic acids is 2. The molecule has 0 N–H and O–H groups in total. The molecule has 1 aromatic carbocycles. The highest BCUT2D eigenvalue weighted by Crippen LogP contribution is 2.54. The Kier molecular flexibility index (Phi) is 4.77. The first-order valence-electron chi connectivity index (χ1n) is 9.78. The molecular formula is C22H32N2O3. The number of benzene rings is 1. The van der Waals surface area contributed by atoms with E-state index in [0.717, 1.165) is 24.8 Å². The summed E-state index contributed by atoms with van der Waals surface area (Å²) in [5.41, 5.74) is 1.40. The molecule has 1 fully saturated rings. The van der Waals surface area contributed by atoms with E-state index >= 15 is 0 Å². The maximum absolute atomic E-state index is 13.0. The Bertz CT molecular complexity index is 742. The normalized spacial score (nSPS) is 23.9. The Balaban J connectivity index is 1.85. The monoisotopic (exact) mass is 372 g/mol. The molecule has 1 atom stereocenters. The number of likely N-dealkylation sites (tertiary alicyclic amines) is 1. The number of hydrogen-bond acceptors (Lipinski definition) is 3. The van der Waals surface area contributed by atoms with Gasteiger partial charge in [-0.05, 0) is 58.1 Å². The molecule has 1 heterocycles. The van der Waals surface area contributed by atoms with Crippen molar-refractivity contribution in [1.82, 2.24) is 9.80 Å². The van der Waals surface area contributed by atoms with Gasteiger partial charge in [0, 0.05) is 32.6 Å². The lowest BCUT2D eigenvalue weighted by molar-refractivity contribution is -0.134. The van der Waals surface area contributed by atoms with Crippen LogP contribution in [0.4, 0.5) is 4.79 Å². The number of hydrogen-bond donors (Lipinski definition) is 0. The van der Waals surface area contributed by atoms with Crippen molar-refractivity contribution in [3.63, 3.8) is 0 Å². The molecule has 0 aromatic heterocycles. The van der Waals surface area contributed by atoms with Gasteiger partial charge in [-0.15, -0.1) is 0 Å². The second kappa shape index (κ2) is 6.54. The van der Waals surface area contributed by atoms with Gasteiger partial charge in [-0.3, -0.25) is 4.79 Å². The lowest BCUT2D eigenvalue weighted by atomic mass is 9.71. The van der Waals surface area contributed by atoms with E-state index in [2.05, 4.69) is 25.1 Å². The summed E-state index contributed by atoms with van der Waals surface area (Å²) in [6.07, 6.45) is 2.29. The number of carbonyl (C=O) groups is 2. The fourth-order valence-corrected chi connectivity index (χ4v) is 4.87. The Hall–Kier alpha value is -2.04. The highest BCUT2D eigenvalue weighted by molar-refractivity contribution is 5.89. The standard InChI is InChI=1S/C22H32N2O3/c1-20(2,3)27-19(26)24-13-11-22(12-14-24)15-21(4,18(25)23(5)6)16-9-7-8-10-17(16)22/h7-10H,11-15H2,1-6H3. The molecule has 0 saturated carbocycles. The molecule has 1 aliphatic carbocycles. The van der Waals surface area contributed by atoms with Crippen molar-refractivity contribution in [2.45, 2.75) is 63.4 Å². The molecule has 1 spiro atoms. The summed E-state index contributed by atoms with van der Waals surface area (Å²) in [4.78, 5) is 29.0. The topological polar surface area (TPSA) is 49.9 Å². The van der Waals surface area contributed by atoms with Crippen LogP contribution in [-0.4, -0.2) is 54.6 Å². The van der Waals surface area contributed by atoms with Gasteiger partial charge in [-0.1, -0.05) is 24.3 Å². The molecular weight excluding hydrogens is 340 g/mol. The Labute approximate surface area is 162 Å². The highest BCUT2D eigenvalue weighted by Gasteiger charge is 2.54. The van der Waals surface area contributed by atoms with Crippen molar-refractivity contribution in [2.24, 2.45) is 0 Å². The molecule has 5 nitrogen and oxygen atoms in total. The van der Waals surface area contributed by atoms with E-state index in [1.165, 1.54) is 5.56 Å². The molecule has 1 saturated heterocycles. The van der Waals surface area contributed by atoms with Crippen LogP contribution in [0.15, 0.2) is 24.3 Å². The third-order valence-corrected chi connectivity index (χ3v) is 6.04. The van der Waals surface area contributed by atoms with Gasteiger partial charge in [0.15, 0.2) is 0 Å². The van der Waals surface area contributed by atoms with Crippen LogP contribution in [0.3, 0.4) is 0 Å². The molecule has 2 amide bonds. The fourth-order valence-electron chi connectivity index (χ4n) is 4.87. The minimum absolute atomic E-state index is 0.0461. The number of piperidine rings is 1. The van der Waals surface area contributed by atoms with Crippen LogP contribution in [0.5, 0.6) is 0 Å². The van der Waals surface area contributed by atoms with Crippen molar-refractivity contribution in [3.05, 3.63) is 35.4 Å². The molecule has 0 radical (unpaired) electrons. The molecule has 0 bridgehead atoms. The second-order valence-corrected chi connectivity index (χ2v) is 9.50. The SMILES string of the molecule is CN(C)C(=O)C1(C)CC2(CCN(C(=O)OC(C)(C)C)CC2)c2ccccc21. The Morgan fingerprint density at radius 2 is 1.63 bits per heavy atom. The smallest absolute Gasteiger partial charge is 0.410 e. The summed E-state index contributed by atoms with van der Waals surface area (Å²) in [5.74, 6) is 0.154. The van der Waals surface area contributed by atoms with Crippen molar-refractivity contribution >= 4 is 12.0 Å². The fraction of sp³-hybridized carbons (Fsp3) is 0.636. The number of ether oxygens (including phenoxy) is 1. The maximum Gasteiger partial charge on any atom is 0.410 e. The third-order valence-electron chi connectivity index (χ3n) is 6.04. The van der Waals surface area contributed by atoms with Gasteiger partial charge in [-0.2, -0.15) is 0 Å². The van der Waals surface area contributed by atoms with E-state index in [1.807, 2.05) is 45.8 Å². The van der Waals surface area contributed by atoms with Crippen molar-refractivity contribution in [3.8, 4) is 0 Å². The molecule has 1 aliphatic heterocycles. The average Bonchev–Trinajstić information content (AvgIpc) is 2.83. The quantitative estimate of drug-likeness (QED) is 0.755. The van der Waals surface area contributed by atoms with Gasteiger partial charge in [0.1, 0.15) is 5.60 Å². The first-order chi connectivity index (χ1) is 12.5. The zero-order chi connectivity index (χ0) is 20.0. The molecule has 3 rings (SSSR count). The van der Waals surface area contributed by atoms with Crippen LogP contribution in [0.2, 0.25) is 0 Å². The van der Waals surface area contributed by atoms with Crippen molar-refractivity contribution < 1.29 is 14.3 Å². The summed E-state index contributed by atoms with van der Waals surface area (Å²) >= 11 is 0. The first-order valence-corrected chi connectivity index (χ1v) is 9.78. The van der Waals surface area contributed by atoms with Crippen molar-refractivity contribution in [2.75, 3.05) is 27.2 Å². The Morgan fingerprint density at radius 1 is 1.07 bits per heavy atom. The number of likely N-dealkylation sites (N-methyl/N-ethyl adjacent to an activating group) is 1. The molecule has 148 valence electrons. The summed E-state index contributed by atoms with van der Waals surface area (Å²) in [6.45, 7) is 9.07. The van der Waals surface area contributed by atoms with Gasteiger partial charge in [-0.25, -0.2) is 4.79 Å². The van der Waals surface area contributed by atoms with E-state index < -0.39 is 11.0 Å². The van der Waals surface area contributed by atoms with Crippen LogP contribution >= 0.6 is 0 Å². The molecule has 27 heavy (non-hydrogen) atoms. The summed E-state index contributed by atoms with van der Waals surface area (Å²) in [5, 5.41) is 0. The molecule has 1 aromatic rings. The minimum Gasteiger partial charge on any atom is -0.444 e. The average molecular weight is 373 g/mol. The van der Waals surface area contributed by atoms with E-state index in [1.54, 1.807) is 4.90 Å². The first kappa shape index (κ1) is 19.7. The van der Waals surface area contributed by atoms with Crippen LogP contribution in [0.1, 0.15) is 58.1 Å². The number of nitrogens with zero attached hydrogens (tertiary/aromatic N) is 2. The Morgan fingerprint density at radius 3 is 2.15 bits per heavy atom. The molecule has 1 unspecified atom stereocenters. The zero-order valence-electron chi connectivity index (χ0n) is 17.5. The van der Waals surface area contributed by atoms with E-state index in [-0.39, 0.29) is 17.4 Å². The van der Waals surface area contributed by atoms with E-state index in [0.29, 0.717) is 13.1 Å². The number of fused-ring (bicyclic) bond motifs is 2. The summed E-state index contributed by atoms with van der Waals surface area (Å²) in [7, 11) is 3.65. The zero-order valence-corrected chi connectivity index (χ0v) is 17.5. The summed E-state index contributed by atoms with van der Waals surface area (Å²) < 4.78 is 5.53. The maximum atomic E-state index is 13.0. The van der Waals surface area contributed by atoms with Crippen LogP contribution in [0.25, 0.3) is 0 Å². The van der Waals surface area contributed by atoms with Crippen LogP contribution in [-0.2, 0) is 20.4 Å². The van der Waals surface area contributed by atoms with Gasteiger partial charge >= 0.3 is 6.09 Å². The third kappa shape index (κ3) is 3.44. The number of rotatable bonds is 1. The van der Waals surface area contributed by atoms with Gasteiger partial charge in [0.25, 0.3) is 0 Å². The summed E-state index contributed by atoms with van der Waals surface area (Å²) in [6, 6.07) is 8.36. The van der Waals surface area contributed by atoms with Crippen LogP contribution < -0.4 is 0 Å². The van der Waals surface area contributed by atoms with E-state index in [9.17, 15) is 9.59 Å². The number of amides is 2. The lowest BCUT2D eigenvalue weighted by Gasteiger charge is -2.41. The largest absolute Gasteiger partial charge is 0.444 e. The molecule has 2 aliphatic rings. The van der Waals surface area contributed by atoms with Gasteiger partial charge < -0.3 is 14.5 Å². The van der Waals surface area contributed by atoms with Crippen molar-refractivity contribution in [1.29, 1.82) is 0 Å². The van der Waals surface area contributed by atoms with Crippen LogP contribution in [0, 0.1) is 0 Å². The lowest BCUT2D eigenvalue weighted by Crippen LogP contribution is -2.47. The minimum atomic E-state index is -0.506. The second-order valence-electron chi connectivity index (χ2n) is 9.50.